The molecule has 0 aromatic heterocycles. The minimum absolute atomic E-state index is 0.182. The predicted molar refractivity (Wildman–Crippen MR) is 95.9 cm³/mol. The number of methoxy groups -OCH3 is 1. The summed E-state index contributed by atoms with van der Waals surface area (Å²) in [7, 11) is 1.79. The van der Waals surface area contributed by atoms with Crippen LogP contribution < -0.4 is 0 Å². The highest BCUT2D eigenvalue weighted by atomic mass is 16.5. The maximum Gasteiger partial charge on any atom is 0.0958 e. The molecule has 4 rings (SSSR count). The minimum atomic E-state index is 0.182. The number of fused-ring (bicyclic) bond motifs is 5. The quantitative estimate of drug-likeness (QED) is 0.594. The van der Waals surface area contributed by atoms with Crippen molar-refractivity contribution in [2.24, 2.45) is 28.6 Å². The lowest BCUT2D eigenvalue weighted by atomic mass is 9.51. The van der Waals surface area contributed by atoms with Crippen molar-refractivity contribution in [2.75, 3.05) is 7.11 Å². The van der Waals surface area contributed by atoms with E-state index in [0.29, 0.717) is 11.8 Å². The van der Waals surface area contributed by atoms with Gasteiger partial charge in [0.2, 0.25) is 0 Å². The lowest BCUT2D eigenvalue weighted by Crippen LogP contribution is -2.43. The molecule has 1 saturated carbocycles. The van der Waals surface area contributed by atoms with Gasteiger partial charge in [-0.2, -0.15) is 5.26 Å². The van der Waals surface area contributed by atoms with Crippen LogP contribution in [0.1, 0.15) is 59.3 Å². The summed E-state index contributed by atoms with van der Waals surface area (Å²) in [6, 6.07) is 2.62. The first-order chi connectivity index (χ1) is 11.4. The first-order valence-corrected chi connectivity index (χ1v) is 9.49. The third-order valence-electron chi connectivity index (χ3n) is 7.87. The van der Waals surface area contributed by atoms with Crippen LogP contribution in [0.25, 0.3) is 0 Å². The molecule has 4 aliphatic carbocycles. The molecule has 2 nitrogen and oxygen atoms in total. The summed E-state index contributed by atoms with van der Waals surface area (Å²) in [6.45, 7) is 7.15. The molecule has 0 aliphatic heterocycles. The van der Waals surface area contributed by atoms with Crippen LogP contribution in [0, 0.1) is 39.9 Å². The number of nitrogens with zero attached hydrogens (tertiary/aromatic N) is 1. The monoisotopic (exact) mass is 323 g/mol. The van der Waals surface area contributed by atoms with E-state index in [-0.39, 0.29) is 16.7 Å². The molecule has 0 bridgehead atoms. The third-order valence-corrected chi connectivity index (χ3v) is 7.87. The van der Waals surface area contributed by atoms with Gasteiger partial charge in [0.1, 0.15) is 0 Å². The van der Waals surface area contributed by atoms with Crippen molar-refractivity contribution >= 4 is 0 Å². The van der Waals surface area contributed by atoms with Crippen LogP contribution in [-0.4, -0.2) is 7.11 Å². The lowest BCUT2D eigenvalue weighted by Gasteiger charge is -2.53. The zero-order chi connectivity index (χ0) is 17.1. The van der Waals surface area contributed by atoms with Gasteiger partial charge in [0.15, 0.2) is 0 Å². The van der Waals surface area contributed by atoms with E-state index in [4.69, 9.17) is 4.74 Å². The zero-order valence-electron chi connectivity index (χ0n) is 15.5. The first-order valence-electron chi connectivity index (χ1n) is 9.49. The summed E-state index contributed by atoms with van der Waals surface area (Å²) < 4.78 is 5.55. The molecule has 4 aliphatic rings. The van der Waals surface area contributed by atoms with E-state index in [9.17, 15) is 5.26 Å². The van der Waals surface area contributed by atoms with Crippen LogP contribution in [0.3, 0.4) is 0 Å². The van der Waals surface area contributed by atoms with Crippen LogP contribution in [0.15, 0.2) is 34.6 Å². The third kappa shape index (κ3) is 1.94. The van der Waals surface area contributed by atoms with Crippen molar-refractivity contribution < 1.29 is 4.74 Å². The molecule has 2 heteroatoms. The Morgan fingerprint density at radius 1 is 1.29 bits per heavy atom. The molecular formula is C22H29NO. The molecule has 0 aromatic carbocycles. The molecular weight excluding hydrogens is 294 g/mol. The molecule has 0 saturated heterocycles. The van der Waals surface area contributed by atoms with Gasteiger partial charge in [-0.1, -0.05) is 31.1 Å². The Morgan fingerprint density at radius 3 is 2.79 bits per heavy atom. The topological polar surface area (TPSA) is 33.0 Å². The SMILES string of the molecule is COC1=CC2=C(C)CC3C(=CCC4(C)C(C#N)CCC34)C2(C)CC1. The molecule has 0 heterocycles. The zero-order valence-corrected chi connectivity index (χ0v) is 15.5. The van der Waals surface area contributed by atoms with E-state index in [1.807, 2.05) is 0 Å². The van der Waals surface area contributed by atoms with E-state index >= 15 is 0 Å². The Kier molecular flexibility index (Phi) is 3.50. The normalized spacial score (nSPS) is 43.9. The lowest BCUT2D eigenvalue weighted by molar-refractivity contribution is 0.111. The predicted octanol–water partition coefficient (Wildman–Crippen LogP) is 5.54. The van der Waals surface area contributed by atoms with E-state index in [1.54, 1.807) is 18.3 Å². The maximum absolute atomic E-state index is 9.61. The summed E-state index contributed by atoms with van der Waals surface area (Å²) in [5.41, 5.74) is 5.10. The highest BCUT2D eigenvalue weighted by Gasteiger charge is 2.56. The fourth-order valence-corrected chi connectivity index (χ4v) is 6.41. The van der Waals surface area contributed by atoms with Gasteiger partial charge in [-0.05, 0) is 67.9 Å². The maximum atomic E-state index is 9.61. The van der Waals surface area contributed by atoms with Gasteiger partial charge in [0.05, 0.1) is 24.9 Å². The van der Waals surface area contributed by atoms with E-state index in [1.165, 1.54) is 18.4 Å². The number of hydrogen-bond acceptors (Lipinski definition) is 2. The Labute approximate surface area is 146 Å². The highest BCUT2D eigenvalue weighted by Crippen LogP contribution is 2.64. The number of nitriles is 1. The molecule has 0 N–H and O–H groups in total. The van der Waals surface area contributed by atoms with Crippen LogP contribution in [0.2, 0.25) is 0 Å². The van der Waals surface area contributed by atoms with Gasteiger partial charge in [-0.15, -0.1) is 0 Å². The summed E-state index contributed by atoms with van der Waals surface area (Å²) in [5, 5.41) is 9.61. The molecule has 24 heavy (non-hydrogen) atoms. The van der Waals surface area contributed by atoms with E-state index < -0.39 is 0 Å². The molecule has 128 valence electrons. The second kappa shape index (κ2) is 5.25. The molecule has 0 radical (unpaired) electrons. The number of allylic oxidation sites excluding steroid dienone is 6. The average Bonchev–Trinajstić information content (AvgIpc) is 2.91. The molecule has 0 amide bonds. The Morgan fingerprint density at radius 2 is 2.08 bits per heavy atom. The van der Waals surface area contributed by atoms with Gasteiger partial charge in [0.25, 0.3) is 0 Å². The average molecular weight is 323 g/mol. The molecule has 5 atom stereocenters. The smallest absolute Gasteiger partial charge is 0.0958 e. The van der Waals surface area contributed by atoms with Gasteiger partial charge in [-0.25, -0.2) is 0 Å². The van der Waals surface area contributed by atoms with E-state index in [0.717, 1.165) is 31.4 Å². The van der Waals surface area contributed by atoms with Gasteiger partial charge in [-0.3, -0.25) is 0 Å². The highest BCUT2D eigenvalue weighted by molar-refractivity contribution is 5.48. The second-order valence-electron chi connectivity index (χ2n) is 8.89. The summed E-state index contributed by atoms with van der Waals surface area (Å²) in [5.74, 6) is 2.70. The van der Waals surface area contributed by atoms with Crippen LogP contribution in [0.5, 0.6) is 0 Å². The van der Waals surface area contributed by atoms with Crippen molar-refractivity contribution in [1.29, 1.82) is 5.26 Å². The molecule has 0 spiro atoms. The van der Waals surface area contributed by atoms with Gasteiger partial charge >= 0.3 is 0 Å². The van der Waals surface area contributed by atoms with Crippen molar-refractivity contribution in [2.45, 2.75) is 59.3 Å². The van der Waals surface area contributed by atoms with Crippen molar-refractivity contribution in [3.8, 4) is 6.07 Å². The standard InChI is InChI=1S/C22H29NO/c1-14-11-17-18-6-5-15(13-23)21(18,2)10-8-19(17)22(3)9-7-16(24-4)12-20(14)22/h8,12,15,17-18H,5-7,9-11H2,1-4H3. The molecule has 5 unspecified atom stereocenters. The van der Waals surface area contributed by atoms with Crippen molar-refractivity contribution in [3.63, 3.8) is 0 Å². The van der Waals surface area contributed by atoms with Crippen molar-refractivity contribution in [1.82, 2.24) is 0 Å². The largest absolute Gasteiger partial charge is 0.501 e. The Hall–Kier alpha value is -1.49. The molecule has 0 aromatic rings. The minimum Gasteiger partial charge on any atom is -0.501 e. The number of hydrogen-bond donors (Lipinski definition) is 0. The van der Waals surface area contributed by atoms with Gasteiger partial charge in [0, 0.05) is 11.8 Å². The Bertz CT molecular complexity index is 706. The Balaban J connectivity index is 1.79. The van der Waals surface area contributed by atoms with Crippen LogP contribution in [0.4, 0.5) is 0 Å². The first kappa shape index (κ1) is 16.0. The van der Waals surface area contributed by atoms with Crippen molar-refractivity contribution in [3.05, 3.63) is 34.6 Å². The summed E-state index contributed by atoms with van der Waals surface area (Å²) in [6.07, 6.45) is 11.6. The summed E-state index contributed by atoms with van der Waals surface area (Å²) in [4.78, 5) is 0. The second-order valence-corrected chi connectivity index (χ2v) is 8.89. The number of rotatable bonds is 1. The fraction of sp³-hybridized carbons (Fsp3) is 0.682. The fourth-order valence-electron chi connectivity index (χ4n) is 6.41. The van der Waals surface area contributed by atoms with Gasteiger partial charge < -0.3 is 4.74 Å². The summed E-state index contributed by atoms with van der Waals surface area (Å²) >= 11 is 0. The van der Waals surface area contributed by atoms with Crippen LogP contribution >= 0.6 is 0 Å². The van der Waals surface area contributed by atoms with Crippen LogP contribution in [-0.2, 0) is 4.74 Å². The molecule has 1 fully saturated rings. The van der Waals surface area contributed by atoms with E-state index in [2.05, 4.69) is 39.0 Å². The number of ether oxygens (including phenoxy) is 1.